The molecule has 0 saturated heterocycles. The summed E-state index contributed by atoms with van der Waals surface area (Å²) in [5.41, 5.74) is 3.34. The summed E-state index contributed by atoms with van der Waals surface area (Å²) in [6.45, 7) is 3.92. The zero-order chi connectivity index (χ0) is 24.2. The second-order valence-corrected chi connectivity index (χ2v) is 12.0. The molecule has 0 bridgehead atoms. The predicted molar refractivity (Wildman–Crippen MR) is 139 cm³/mol. The monoisotopic (exact) mass is 595 g/mol. The molecule has 2 atom stereocenters. The minimum absolute atomic E-state index is 0.179. The van der Waals surface area contributed by atoms with Crippen molar-refractivity contribution in [1.82, 2.24) is 4.31 Å². The van der Waals surface area contributed by atoms with E-state index in [1.54, 1.807) is 32.2 Å². The smallest absolute Gasteiger partial charge is 0.220 e. The van der Waals surface area contributed by atoms with Crippen LogP contribution in [0.2, 0.25) is 0 Å². The molecule has 33 heavy (non-hydrogen) atoms. The second-order valence-electron chi connectivity index (χ2n) is 7.96. The Morgan fingerprint density at radius 1 is 0.939 bits per heavy atom. The first-order valence-corrected chi connectivity index (χ1v) is 13.5. The number of aliphatic hydroxyl groups is 1. The summed E-state index contributed by atoms with van der Waals surface area (Å²) in [6.07, 6.45) is -1.20. The maximum atomic E-state index is 13.7. The molecule has 0 amide bonds. The lowest BCUT2D eigenvalue weighted by Crippen LogP contribution is -2.39. The molecule has 3 aromatic carbocycles. The van der Waals surface area contributed by atoms with Crippen molar-refractivity contribution >= 4 is 41.9 Å². The number of methoxy groups -OCH3 is 1. The van der Waals surface area contributed by atoms with Crippen molar-refractivity contribution in [3.63, 3.8) is 0 Å². The molecule has 0 aromatic heterocycles. The van der Waals surface area contributed by atoms with Crippen molar-refractivity contribution in [2.45, 2.75) is 38.3 Å². The Morgan fingerprint density at radius 3 is 2.00 bits per heavy atom. The van der Waals surface area contributed by atoms with Crippen molar-refractivity contribution < 1.29 is 18.3 Å². The van der Waals surface area contributed by atoms with Crippen LogP contribution in [0.15, 0.2) is 75.7 Å². The number of ether oxygens (including phenoxy) is 1. The summed E-state index contributed by atoms with van der Waals surface area (Å²) in [4.78, 5) is 0. The van der Waals surface area contributed by atoms with Gasteiger partial charge in [-0.05, 0) is 54.8 Å². The predicted octanol–water partition coefficient (Wildman–Crippen LogP) is 5.98. The molecule has 0 aliphatic heterocycles. The van der Waals surface area contributed by atoms with Gasteiger partial charge >= 0.3 is 0 Å². The van der Waals surface area contributed by atoms with Crippen LogP contribution in [-0.2, 0) is 23.1 Å². The molecule has 3 aromatic rings. The third-order valence-electron chi connectivity index (χ3n) is 5.55. The van der Waals surface area contributed by atoms with Gasteiger partial charge in [-0.25, -0.2) is 8.42 Å². The van der Waals surface area contributed by atoms with Crippen molar-refractivity contribution in [3.8, 4) is 5.75 Å². The van der Waals surface area contributed by atoms with Crippen molar-refractivity contribution in [1.29, 1.82) is 0 Å². The first kappa shape index (κ1) is 25.9. The second kappa shape index (κ2) is 11.1. The highest BCUT2D eigenvalue weighted by Crippen LogP contribution is 2.32. The number of hydrogen-bond acceptors (Lipinski definition) is 4. The molecule has 1 N–H and O–H groups in total. The fourth-order valence-corrected chi connectivity index (χ4v) is 6.34. The van der Waals surface area contributed by atoms with E-state index in [4.69, 9.17) is 4.74 Å². The molecule has 176 valence electrons. The average Bonchev–Trinajstić information content (AvgIpc) is 2.79. The van der Waals surface area contributed by atoms with Crippen LogP contribution in [0.3, 0.4) is 0 Å². The summed E-state index contributed by atoms with van der Waals surface area (Å²) >= 11 is 6.82. The quantitative estimate of drug-likeness (QED) is 0.330. The largest absolute Gasteiger partial charge is 0.497 e. The molecule has 0 spiro atoms. The van der Waals surface area contributed by atoms with Crippen LogP contribution in [0.25, 0.3) is 0 Å². The minimum atomic E-state index is -3.88. The number of aryl methyl sites for hydroxylation is 1. The molecular formula is C25H27Br2NO4S. The van der Waals surface area contributed by atoms with E-state index in [0.717, 1.165) is 21.2 Å². The molecule has 0 unspecified atom stereocenters. The fourth-order valence-electron chi connectivity index (χ4n) is 3.46. The lowest BCUT2D eigenvalue weighted by molar-refractivity contribution is 0.171. The van der Waals surface area contributed by atoms with Gasteiger partial charge in [-0.2, -0.15) is 4.31 Å². The number of sulfonamides is 1. The van der Waals surface area contributed by atoms with Crippen LogP contribution in [0, 0.1) is 6.92 Å². The van der Waals surface area contributed by atoms with Crippen LogP contribution >= 0.6 is 31.9 Å². The van der Waals surface area contributed by atoms with Gasteiger partial charge in [0.2, 0.25) is 10.0 Å². The molecular weight excluding hydrogens is 570 g/mol. The molecule has 5 nitrogen and oxygen atoms in total. The maximum absolute atomic E-state index is 13.7. The standard InChI is InChI=1S/C25H27Br2NO4S/c1-17-4-6-19(7-5-17)15-28(16-20-8-11-22(32-3)12-9-20)33(30,31)18(2)25(29)23-13-10-21(26)14-24(23)27/h4-14,18,25,29H,15-16H2,1-3H3/t18-,25+/m1/s1. The Balaban J connectivity index is 1.93. The Hall–Kier alpha value is -1.71. The van der Waals surface area contributed by atoms with Gasteiger partial charge in [0.15, 0.2) is 0 Å². The van der Waals surface area contributed by atoms with E-state index in [2.05, 4.69) is 31.9 Å². The number of benzene rings is 3. The minimum Gasteiger partial charge on any atom is -0.497 e. The van der Waals surface area contributed by atoms with E-state index >= 15 is 0 Å². The summed E-state index contributed by atoms with van der Waals surface area (Å²) in [5, 5.41) is 9.96. The Kier molecular flexibility index (Phi) is 8.75. The number of aliphatic hydroxyl groups excluding tert-OH is 1. The summed E-state index contributed by atoms with van der Waals surface area (Å²) in [6, 6.07) is 20.4. The van der Waals surface area contributed by atoms with Gasteiger partial charge in [-0.3, -0.25) is 0 Å². The summed E-state index contributed by atoms with van der Waals surface area (Å²) in [7, 11) is -2.29. The third-order valence-corrected chi connectivity index (χ3v) is 8.91. The van der Waals surface area contributed by atoms with E-state index in [0.29, 0.717) is 15.8 Å². The molecule has 0 aliphatic carbocycles. The Morgan fingerprint density at radius 2 is 1.48 bits per heavy atom. The van der Waals surface area contributed by atoms with Crippen LogP contribution in [-0.4, -0.2) is 30.2 Å². The molecule has 0 heterocycles. The highest BCUT2D eigenvalue weighted by molar-refractivity contribution is 9.11. The lowest BCUT2D eigenvalue weighted by Gasteiger charge is -2.29. The highest BCUT2D eigenvalue weighted by atomic mass is 79.9. The number of hydrogen-bond donors (Lipinski definition) is 1. The summed E-state index contributed by atoms with van der Waals surface area (Å²) in [5.74, 6) is 0.704. The normalized spacial score (nSPS) is 13.7. The van der Waals surface area contributed by atoms with E-state index in [1.165, 1.54) is 4.31 Å². The van der Waals surface area contributed by atoms with E-state index < -0.39 is 21.4 Å². The van der Waals surface area contributed by atoms with Gasteiger partial charge in [0.25, 0.3) is 0 Å². The van der Waals surface area contributed by atoms with Crippen molar-refractivity contribution in [2.75, 3.05) is 7.11 Å². The van der Waals surface area contributed by atoms with Crippen LogP contribution in [0.5, 0.6) is 5.75 Å². The molecule has 0 radical (unpaired) electrons. The molecule has 3 rings (SSSR count). The molecule has 0 fully saturated rings. The van der Waals surface area contributed by atoms with Gasteiger partial charge in [0.1, 0.15) is 11.0 Å². The van der Waals surface area contributed by atoms with E-state index in [-0.39, 0.29) is 13.1 Å². The van der Waals surface area contributed by atoms with Gasteiger partial charge in [-0.15, -0.1) is 0 Å². The van der Waals surface area contributed by atoms with Crippen LogP contribution < -0.4 is 4.74 Å². The van der Waals surface area contributed by atoms with Crippen molar-refractivity contribution in [3.05, 3.63) is 97.9 Å². The van der Waals surface area contributed by atoms with Gasteiger partial charge in [-0.1, -0.05) is 79.9 Å². The first-order valence-electron chi connectivity index (χ1n) is 10.4. The SMILES string of the molecule is COc1ccc(CN(Cc2ccc(C)cc2)S(=O)(=O)[C@H](C)[C@H](O)c2ccc(Br)cc2Br)cc1. The molecule has 0 aliphatic rings. The lowest BCUT2D eigenvalue weighted by atomic mass is 10.1. The van der Waals surface area contributed by atoms with Crippen molar-refractivity contribution in [2.24, 2.45) is 0 Å². The topological polar surface area (TPSA) is 66.8 Å². The van der Waals surface area contributed by atoms with Gasteiger partial charge in [0, 0.05) is 22.0 Å². The third kappa shape index (κ3) is 6.45. The fraction of sp³-hybridized carbons (Fsp3) is 0.280. The summed E-state index contributed by atoms with van der Waals surface area (Å²) < 4.78 is 35.6. The molecule has 0 saturated carbocycles. The van der Waals surface area contributed by atoms with Gasteiger partial charge < -0.3 is 9.84 Å². The maximum Gasteiger partial charge on any atom is 0.220 e. The average molecular weight is 597 g/mol. The Labute approximate surface area is 212 Å². The number of rotatable bonds is 9. The number of halogens is 2. The van der Waals surface area contributed by atoms with Crippen LogP contribution in [0.1, 0.15) is 35.3 Å². The number of nitrogens with zero attached hydrogens (tertiary/aromatic N) is 1. The van der Waals surface area contributed by atoms with Crippen LogP contribution in [0.4, 0.5) is 0 Å². The highest BCUT2D eigenvalue weighted by Gasteiger charge is 2.35. The Bertz CT molecular complexity index is 1180. The molecule has 8 heteroatoms. The van der Waals surface area contributed by atoms with E-state index in [9.17, 15) is 13.5 Å². The first-order chi connectivity index (χ1) is 15.6. The van der Waals surface area contributed by atoms with E-state index in [1.807, 2.05) is 55.5 Å². The zero-order valence-electron chi connectivity index (χ0n) is 18.7. The zero-order valence-corrected chi connectivity index (χ0v) is 22.7. The van der Waals surface area contributed by atoms with Gasteiger partial charge in [0.05, 0.1) is 13.2 Å².